The fourth-order valence-corrected chi connectivity index (χ4v) is 2.13. The van der Waals surface area contributed by atoms with Crippen molar-refractivity contribution in [1.29, 1.82) is 0 Å². The van der Waals surface area contributed by atoms with E-state index in [-0.39, 0.29) is 24.5 Å². The molecule has 4 nitrogen and oxygen atoms in total. The Kier molecular flexibility index (Phi) is 5.55. The predicted octanol–water partition coefficient (Wildman–Crippen LogP) is 3.95. The van der Waals surface area contributed by atoms with Gasteiger partial charge in [-0.3, -0.25) is 9.59 Å². The molecule has 0 saturated carbocycles. The molecule has 0 aliphatic rings. The average molecular weight is 318 g/mol. The van der Waals surface area contributed by atoms with Crippen molar-refractivity contribution in [2.24, 2.45) is 0 Å². The first-order chi connectivity index (χ1) is 10.6. The van der Waals surface area contributed by atoms with E-state index in [1.807, 2.05) is 0 Å². The van der Waals surface area contributed by atoms with E-state index in [0.29, 0.717) is 22.0 Å². The minimum atomic E-state index is -0.218. The Morgan fingerprint density at radius 3 is 2.45 bits per heavy atom. The maximum Gasteiger partial charge on any atom is 0.224 e. The number of ether oxygens (including phenoxy) is 1. The fraction of sp³-hybridized carbons (Fsp3) is 0.176. The van der Waals surface area contributed by atoms with Gasteiger partial charge in [0.15, 0.2) is 5.78 Å². The number of hydrogen-bond donors (Lipinski definition) is 1. The van der Waals surface area contributed by atoms with Gasteiger partial charge in [0.2, 0.25) is 5.91 Å². The molecule has 0 unspecified atom stereocenters. The number of methoxy groups -OCH3 is 1. The smallest absolute Gasteiger partial charge is 0.224 e. The lowest BCUT2D eigenvalue weighted by Gasteiger charge is -2.06. The Hall–Kier alpha value is -2.33. The van der Waals surface area contributed by atoms with Gasteiger partial charge < -0.3 is 10.1 Å². The van der Waals surface area contributed by atoms with Crippen LogP contribution >= 0.6 is 11.6 Å². The van der Waals surface area contributed by atoms with Gasteiger partial charge in [-0.1, -0.05) is 17.7 Å². The molecule has 0 aromatic heterocycles. The van der Waals surface area contributed by atoms with E-state index < -0.39 is 0 Å². The zero-order valence-corrected chi connectivity index (χ0v) is 12.9. The molecule has 0 saturated heterocycles. The second-order valence-corrected chi connectivity index (χ2v) is 5.15. The third kappa shape index (κ3) is 4.60. The largest absolute Gasteiger partial charge is 0.497 e. The first kappa shape index (κ1) is 16.0. The second-order valence-electron chi connectivity index (χ2n) is 4.71. The van der Waals surface area contributed by atoms with Gasteiger partial charge in [-0.05, 0) is 42.5 Å². The highest BCUT2D eigenvalue weighted by Gasteiger charge is 2.10. The second kappa shape index (κ2) is 7.61. The molecular weight excluding hydrogens is 302 g/mol. The van der Waals surface area contributed by atoms with Crippen LogP contribution in [0.15, 0.2) is 48.5 Å². The quantitative estimate of drug-likeness (QED) is 0.821. The van der Waals surface area contributed by atoms with Gasteiger partial charge in [0.05, 0.1) is 7.11 Å². The minimum absolute atomic E-state index is 0.0797. The molecule has 1 N–H and O–H groups in total. The maximum absolute atomic E-state index is 12.0. The van der Waals surface area contributed by atoms with Crippen LogP contribution in [-0.4, -0.2) is 18.8 Å². The van der Waals surface area contributed by atoms with Crippen molar-refractivity contribution in [2.75, 3.05) is 12.4 Å². The normalized spacial score (nSPS) is 10.1. The highest BCUT2D eigenvalue weighted by atomic mass is 35.5. The average Bonchev–Trinajstić information content (AvgIpc) is 2.52. The Balaban J connectivity index is 1.86. The van der Waals surface area contributed by atoms with Crippen molar-refractivity contribution in [1.82, 2.24) is 0 Å². The van der Waals surface area contributed by atoms with Gasteiger partial charge in [0.25, 0.3) is 0 Å². The lowest BCUT2D eigenvalue weighted by molar-refractivity contribution is -0.116. The summed E-state index contributed by atoms with van der Waals surface area (Å²) < 4.78 is 5.04. The molecule has 0 bridgehead atoms. The van der Waals surface area contributed by atoms with Crippen LogP contribution in [0.25, 0.3) is 0 Å². The molecule has 0 heterocycles. The van der Waals surface area contributed by atoms with Crippen molar-refractivity contribution in [3.05, 3.63) is 59.1 Å². The van der Waals surface area contributed by atoms with Gasteiger partial charge in [-0.2, -0.15) is 0 Å². The molecule has 5 heteroatoms. The van der Waals surface area contributed by atoms with Crippen LogP contribution in [0.3, 0.4) is 0 Å². The van der Waals surface area contributed by atoms with E-state index >= 15 is 0 Å². The Bertz CT molecular complexity index is 668. The first-order valence-corrected chi connectivity index (χ1v) is 7.19. The molecular formula is C17H16ClNO3. The first-order valence-electron chi connectivity index (χ1n) is 6.81. The topological polar surface area (TPSA) is 55.4 Å². The van der Waals surface area contributed by atoms with E-state index in [9.17, 15) is 9.59 Å². The molecule has 2 aromatic carbocycles. The molecule has 22 heavy (non-hydrogen) atoms. The third-order valence-corrected chi connectivity index (χ3v) is 3.33. The summed E-state index contributed by atoms with van der Waals surface area (Å²) in [5.74, 6) is 0.392. The SMILES string of the molecule is COc1ccc(C(=O)CCC(=O)Nc2cccc(Cl)c2)cc1. The van der Waals surface area contributed by atoms with Crippen LogP contribution < -0.4 is 10.1 Å². The van der Waals surface area contributed by atoms with Crippen molar-refractivity contribution in [3.63, 3.8) is 0 Å². The number of Topliss-reactive ketones (excluding diaryl/α,β-unsaturated/α-hetero) is 1. The Morgan fingerprint density at radius 2 is 1.82 bits per heavy atom. The fourth-order valence-electron chi connectivity index (χ4n) is 1.94. The maximum atomic E-state index is 12.0. The number of carbonyl (C=O) groups excluding carboxylic acids is 2. The molecule has 0 radical (unpaired) electrons. The van der Waals surface area contributed by atoms with E-state index in [2.05, 4.69) is 5.32 Å². The van der Waals surface area contributed by atoms with Crippen LogP contribution in [0.5, 0.6) is 5.75 Å². The third-order valence-electron chi connectivity index (χ3n) is 3.10. The number of anilines is 1. The number of hydrogen-bond acceptors (Lipinski definition) is 3. The summed E-state index contributed by atoms with van der Waals surface area (Å²) in [6, 6.07) is 13.7. The van der Waals surface area contributed by atoms with Crippen molar-refractivity contribution >= 4 is 29.0 Å². The molecule has 0 aliphatic carbocycles. The summed E-state index contributed by atoms with van der Waals surface area (Å²) in [6.45, 7) is 0. The van der Waals surface area contributed by atoms with Gasteiger partial charge >= 0.3 is 0 Å². The lowest BCUT2D eigenvalue weighted by Crippen LogP contribution is -2.13. The van der Waals surface area contributed by atoms with E-state index in [4.69, 9.17) is 16.3 Å². The highest BCUT2D eigenvalue weighted by Crippen LogP contribution is 2.16. The lowest BCUT2D eigenvalue weighted by atomic mass is 10.1. The van der Waals surface area contributed by atoms with Gasteiger partial charge in [0, 0.05) is 29.1 Å². The summed E-state index contributed by atoms with van der Waals surface area (Å²) in [7, 11) is 1.57. The molecule has 0 spiro atoms. The van der Waals surface area contributed by atoms with Crippen molar-refractivity contribution in [2.45, 2.75) is 12.8 Å². The molecule has 0 fully saturated rings. The summed E-state index contributed by atoms with van der Waals surface area (Å²) >= 11 is 5.84. The number of ketones is 1. The zero-order valence-electron chi connectivity index (χ0n) is 12.1. The van der Waals surface area contributed by atoms with Crippen molar-refractivity contribution in [3.8, 4) is 5.75 Å². The van der Waals surface area contributed by atoms with E-state index in [1.165, 1.54) is 0 Å². The van der Waals surface area contributed by atoms with Crippen molar-refractivity contribution < 1.29 is 14.3 Å². The van der Waals surface area contributed by atoms with Crippen LogP contribution in [0.2, 0.25) is 5.02 Å². The molecule has 114 valence electrons. The summed E-state index contributed by atoms with van der Waals surface area (Å²) in [6.07, 6.45) is 0.274. The summed E-state index contributed by atoms with van der Waals surface area (Å²) in [4.78, 5) is 23.8. The van der Waals surface area contributed by atoms with E-state index in [1.54, 1.807) is 55.6 Å². The van der Waals surface area contributed by atoms with Gasteiger partial charge in [-0.25, -0.2) is 0 Å². The molecule has 1 amide bonds. The Labute approximate surface area is 134 Å². The molecule has 2 aromatic rings. The van der Waals surface area contributed by atoms with Crippen LogP contribution in [0.1, 0.15) is 23.2 Å². The zero-order chi connectivity index (χ0) is 15.9. The number of carbonyl (C=O) groups is 2. The number of nitrogens with one attached hydrogen (secondary N) is 1. The van der Waals surface area contributed by atoms with Crippen LogP contribution in [0, 0.1) is 0 Å². The monoisotopic (exact) mass is 317 g/mol. The number of benzene rings is 2. The Morgan fingerprint density at radius 1 is 1.09 bits per heavy atom. The molecule has 0 aliphatic heterocycles. The molecule has 0 atom stereocenters. The van der Waals surface area contributed by atoms with Gasteiger partial charge in [-0.15, -0.1) is 0 Å². The minimum Gasteiger partial charge on any atom is -0.497 e. The highest BCUT2D eigenvalue weighted by molar-refractivity contribution is 6.30. The number of rotatable bonds is 6. The van der Waals surface area contributed by atoms with Crippen LogP contribution in [0.4, 0.5) is 5.69 Å². The molecule has 2 rings (SSSR count). The summed E-state index contributed by atoms with van der Waals surface area (Å²) in [5.41, 5.74) is 1.19. The summed E-state index contributed by atoms with van der Waals surface area (Å²) in [5, 5.41) is 3.26. The standard InChI is InChI=1S/C17H16ClNO3/c1-22-15-7-5-12(6-8-15)16(20)9-10-17(21)19-14-4-2-3-13(18)11-14/h2-8,11H,9-10H2,1H3,(H,19,21). The number of halogens is 1. The predicted molar refractivity (Wildman–Crippen MR) is 86.6 cm³/mol. The van der Waals surface area contributed by atoms with E-state index in [0.717, 1.165) is 0 Å². The van der Waals surface area contributed by atoms with Crippen LogP contribution in [-0.2, 0) is 4.79 Å². The number of amides is 1. The van der Waals surface area contributed by atoms with Gasteiger partial charge in [0.1, 0.15) is 5.75 Å².